The van der Waals surface area contributed by atoms with E-state index in [-0.39, 0.29) is 4.90 Å². The Bertz CT molecular complexity index is 639. The Morgan fingerprint density at radius 1 is 1.32 bits per heavy atom. The van der Waals surface area contributed by atoms with Gasteiger partial charge < -0.3 is 10.8 Å². The highest BCUT2D eigenvalue weighted by molar-refractivity contribution is 7.86. The predicted octanol–water partition coefficient (Wildman–Crippen LogP) is 1.42. The second-order valence-electron chi connectivity index (χ2n) is 5.41. The van der Waals surface area contributed by atoms with Gasteiger partial charge in [0.25, 0.3) is 10.1 Å². The SMILES string of the molecule is Cc1ccc(S(=O)(=O)OC(C)(C)C)cc1.N#CC(N)C(=O)O. The van der Waals surface area contributed by atoms with Gasteiger partial charge >= 0.3 is 5.97 Å². The summed E-state index contributed by atoms with van der Waals surface area (Å²) in [5, 5.41) is 15.6. The average Bonchev–Trinajstić information content (AvgIpc) is 2.36. The number of rotatable bonds is 3. The molecule has 0 spiro atoms. The summed E-state index contributed by atoms with van der Waals surface area (Å²) in [7, 11) is -3.63. The van der Waals surface area contributed by atoms with Gasteiger partial charge in [0.1, 0.15) is 0 Å². The van der Waals surface area contributed by atoms with Gasteiger partial charge in [-0.3, -0.25) is 4.18 Å². The highest BCUT2D eigenvalue weighted by Crippen LogP contribution is 2.19. The monoisotopic (exact) mass is 328 g/mol. The molecule has 0 bridgehead atoms. The van der Waals surface area contributed by atoms with Crippen molar-refractivity contribution in [3.63, 3.8) is 0 Å². The summed E-state index contributed by atoms with van der Waals surface area (Å²) in [4.78, 5) is 9.78. The number of hydrogen-bond acceptors (Lipinski definition) is 6. The molecule has 0 aliphatic rings. The van der Waals surface area contributed by atoms with E-state index in [1.807, 2.05) is 6.92 Å². The number of aryl methyl sites for hydroxylation is 1. The fourth-order valence-electron chi connectivity index (χ4n) is 1.14. The number of carboxylic acid groups (broad SMARTS) is 1. The molecule has 3 N–H and O–H groups in total. The molecule has 22 heavy (non-hydrogen) atoms. The summed E-state index contributed by atoms with van der Waals surface area (Å²) >= 11 is 0. The van der Waals surface area contributed by atoms with E-state index >= 15 is 0 Å². The number of nitriles is 1. The van der Waals surface area contributed by atoms with E-state index in [9.17, 15) is 13.2 Å². The molecule has 0 heterocycles. The molecule has 0 aliphatic heterocycles. The van der Waals surface area contributed by atoms with Crippen LogP contribution in [0.1, 0.15) is 26.3 Å². The second kappa shape index (κ2) is 7.89. The number of nitrogens with two attached hydrogens (primary N) is 1. The van der Waals surface area contributed by atoms with Crippen LogP contribution < -0.4 is 5.73 Å². The molecule has 122 valence electrons. The molecule has 0 amide bonds. The molecule has 0 saturated heterocycles. The maximum absolute atomic E-state index is 11.7. The lowest BCUT2D eigenvalue weighted by atomic mass is 10.2. The van der Waals surface area contributed by atoms with E-state index in [4.69, 9.17) is 14.6 Å². The zero-order chi connectivity index (χ0) is 17.6. The minimum absolute atomic E-state index is 0.197. The van der Waals surface area contributed by atoms with Gasteiger partial charge in [-0.05, 0) is 39.8 Å². The summed E-state index contributed by atoms with van der Waals surface area (Å²) in [6.45, 7) is 7.03. The van der Waals surface area contributed by atoms with Crippen LogP contribution in [0.25, 0.3) is 0 Å². The Balaban J connectivity index is 0.000000534. The molecule has 0 saturated carbocycles. The van der Waals surface area contributed by atoms with Gasteiger partial charge in [-0.2, -0.15) is 13.7 Å². The molecule has 7 nitrogen and oxygen atoms in total. The Kier molecular flexibility index (Phi) is 7.19. The molecule has 1 unspecified atom stereocenters. The fourth-order valence-corrected chi connectivity index (χ4v) is 2.36. The first kappa shape index (κ1) is 20.1. The minimum atomic E-state index is -3.63. The van der Waals surface area contributed by atoms with Crippen molar-refractivity contribution in [2.45, 2.75) is 44.2 Å². The smallest absolute Gasteiger partial charge is 0.335 e. The predicted molar refractivity (Wildman–Crippen MR) is 80.4 cm³/mol. The standard InChI is InChI=1S/C11H16O3S.C3H4N2O2/c1-9-5-7-10(8-6-9)15(12,13)14-11(2,3)4;4-1-2(5)3(6)7/h5-8H,1-4H3;2H,5H2,(H,6,7). The third-order valence-electron chi connectivity index (χ3n) is 2.07. The van der Waals surface area contributed by atoms with E-state index in [1.165, 1.54) is 6.07 Å². The van der Waals surface area contributed by atoms with Gasteiger partial charge in [-0.25, -0.2) is 4.79 Å². The summed E-state index contributed by atoms with van der Waals surface area (Å²) in [5.41, 5.74) is 4.97. The van der Waals surface area contributed by atoms with Gasteiger partial charge in [0.2, 0.25) is 0 Å². The van der Waals surface area contributed by atoms with Crippen molar-refractivity contribution in [2.24, 2.45) is 5.73 Å². The zero-order valence-electron chi connectivity index (χ0n) is 12.9. The van der Waals surface area contributed by atoms with Crippen molar-refractivity contribution in [3.8, 4) is 6.07 Å². The third kappa shape index (κ3) is 7.73. The Morgan fingerprint density at radius 3 is 2.05 bits per heavy atom. The molecule has 0 fully saturated rings. The zero-order valence-corrected chi connectivity index (χ0v) is 13.7. The molecular formula is C14H20N2O5S. The van der Waals surface area contributed by atoms with E-state index in [1.54, 1.807) is 45.0 Å². The quantitative estimate of drug-likeness (QED) is 0.802. The Hall–Kier alpha value is -1.95. The highest BCUT2D eigenvalue weighted by Gasteiger charge is 2.23. The van der Waals surface area contributed by atoms with Crippen LogP contribution in [-0.2, 0) is 19.1 Å². The Morgan fingerprint density at radius 2 is 1.77 bits per heavy atom. The number of carboxylic acids is 1. The van der Waals surface area contributed by atoms with Gasteiger partial charge in [0.05, 0.1) is 16.6 Å². The molecule has 0 aliphatic carbocycles. The maximum Gasteiger partial charge on any atom is 0.335 e. The Labute approximate surface area is 130 Å². The minimum Gasteiger partial charge on any atom is -0.479 e. The maximum atomic E-state index is 11.7. The molecule has 1 aromatic rings. The summed E-state index contributed by atoms with van der Waals surface area (Å²) in [6, 6.07) is 6.57. The molecule has 0 radical (unpaired) electrons. The lowest BCUT2D eigenvalue weighted by molar-refractivity contribution is -0.137. The molecular weight excluding hydrogens is 308 g/mol. The van der Waals surface area contributed by atoms with Gasteiger partial charge in [-0.1, -0.05) is 17.7 Å². The van der Waals surface area contributed by atoms with Crippen LogP contribution in [0.4, 0.5) is 0 Å². The average molecular weight is 328 g/mol. The van der Waals surface area contributed by atoms with Crippen molar-refractivity contribution in [2.75, 3.05) is 0 Å². The normalized spacial score (nSPS) is 12.5. The van der Waals surface area contributed by atoms with Crippen molar-refractivity contribution >= 4 is 16.1 Å². The van der Waals surface area contributed by atoms with Crippen LogP contribution in [0.3, 0.4) is 0 Å². The molecule has 1 atom stereocenters. The van der Waals surface area contributed by atoms with Crippen molar-refractivity contribution in [1.82, 2.24) is 0 Å². The van der Waals surface area contributed by atoms with Crippen molar-refractivity contribution in [3.05, 3.63) is 29.8 Å². The number of benzene rings is 1. The molecule has 1 aromatic carbocycles. The van der Waals surface area contributed by atoms with Crippen LogP contribution in [0.15, 0.2) is 29.2 Å². The van der Waals surface area contributed by atoms with Crippen LogP contribution in [0, 0.1) is 18.3 Å². The van der Waals surface area contributed by atoms with Gasteiger partial charge in [0, 0.05) is 0 Å². The summed E-state index contributed by atoms with van der Waals surface area (Å²) in [6.07, 6.45) is 0. The summed E-state index contributed by atoms with van der Waals surface area (Å²) in [5.74, 6) is -1.29. The molecule has 1 rings (SSSR count). The number of hydrogen-bond donors (Lipinski definition) is 2. The number of aliphatic carboxylic acids is 1. The highest BCUT2D eigenvalue weighted by atomic mass is 32.2. The first-order valence-electron chi connectivity index (χ1n) is 6.29. The van der Waals surface area contributed by atoms with E-state index in [2.05, 4.69) is 5.73 Å². The number of carbonyl (C=O) groups is 1. The third-order valence-corrected chi connectivity index (χ3v) is 3.64. The molecule has 0 aromatic heterocycles. The van der Waals surface area contributed by atoms with Crippen molar-refractivity contribution < 1.29 is 22.5 Å². The second-order valence-corrected chi connectivity index (χ2v) is 6.95. The van der Waals surface area contributed by atoms with E-state index in [0.29, 0.717) is 0 Å². The lowest BCUT2D eigenvalue weighted by Crippen LogP contribution is -2.27. The van der Waals surface area contributed by atoms with E-state index < -0.39 is 27.7 Å². The fraction of sp³-hybridized carbons (Fsp3) is 0.429. The first-order chi connectivity index (χ1) is 9.89. The van der Waals surface area contributed by atoms with Crippen LogP contribution >= 0.6 is 0 Å². The topological polar surface area (TPSA) is 130 Å². The van der Waals surface area contributed by atoms with Crippen molar-refractivity contribution in [1.29, 1.82) is 5.26 Å². The van der Waals surface area contributed by atoms with E-state index in [0.717, 1.165) is 5.56 Å². The van der Waals surface area contributed by atoms with Crippen LogP contribution in [0.5, 0.6) is 0 Å². The largest absolute Gasteiger partial charge is 0.479 e. The van der Waals surface area contributed by atoms with Gasteiger partial charge in [0.15, 0.2) is 6.04 Å². The van der Waals surface area contributed by atoms with Gasteiger partial charge in [-0.15, -0.1) is 0 Å². The first-order valence-corrected chi connectivity index (χ1v) is 7.70. The lowest BCUT2D eigenvalue weighted by Gasteiger charge is -2.18. The summed E-state index contributed by atoms with van der Waals surface area (Å²) < 4.78 is 28.5. The number of nitrogens with zero attached hydrogens (tertiary/aromatic N) is 1. The van der Waals surface area contributed by atoms with Crippen LogP contribution in [0.2, 0.25) is 0 Å². The van der Waals surface area contributed by atoms with Crippen LogP contribution in [-0.4, -0.2) is 31.1 Å². The molecule has 8 heteroatoms.